The fourth-order valence-electron chi connectivity index (χ4n) is 2.39. The molecule has 25 heavy (non-hydrogen) atoms. The lowest BCUT2D eigenvalue weighted by Crippen LogP contribution is -2.17. The summed E-state index contributed by atoms with van der Waals surface area (Å²) in [5, 5.41) is 0. The molecule has 0 amide bonds. The number of benzene rings is 2. The smallest absolute Gasteiger partial charge is 0.406 e. The Bertz CT molecular complexity index is 719. The third kappa shape index (κ3) is 5.23. The molecule has 2 rings (SSSR count). The Morgan fingerprint density at radius 1 is 0.920 bits per heavy atom. The third-order valence-corrected chi connectivity index (χ3v) is 3.47. The van der Waals surface area contributed by atoms with Gasteiger partial charge in [0.05, 0.1) is 5.56 Å². The molecule has 0 saturated heterocycles. The van der Waals surface area contributed by atoms with Gasteiger partial charge >= 0.3 is 12.5 Å². The van der Waals surface area contributed by atoms with E-state index in [1.807, 2.05) is 0 Å². The van der Waals surface area contributed by atoms with Gasteiger partial charge < -0.3 is 9.53 Å². The molecule has 8 heteroatoms. The molecule has 2 nitrogen and oxygen atoms in total. The van der Waals surface area contributed by atoms with Gasteiger partial charge in [0.25, 0.3) is 0 Å². The number of carbonyl (C=O) groups excluding carboxylic acids is 1. The van der Waals surface area contributed by atoms with Gasteiger partial charge in [-0.15, -0.1) is 13.2 Å². The van der Waals surface area contributed by atoms with Crippen LogP contribution in [0.1, 0.15) is 29.0 Å². The van der Waals surface area contributed by atoms with Crippen LogP contribution in [0.2, 0.25) is 0 Å². The largest absolute Gasteiger partial charge is 0.573 e. The first-order valence-electron chi connectivity index (χ1n) is 7.06. The van der Waals surface area contributed by atoms with E-state index in [1.54, 1.807) is 0 Å². The first kappa shape index (κ1) is 18.8. The summed E-state index contributed by atoms with van der Waals surface area (Å²) in [5.74, 6) is -1.15. The number of carbonyl (C=O) groups is 1. The summed E-state index contributed by atoms with van der Waals surface area (Å²) in [4.78, 5) is 10.9. The number of alkyl halides is 6. The van der Waals surface area contributed by atoms with Gasteiger partial charge in [-0.3, -0.25) is 0 Å². The van der Waals surface area contributed by atoms with Crippen LogP contribution in [0.3, 0.4) is 0 Å². The van der Waals surface area contributed by atoms with Crippen LogP contribution in [-0.2, 0) is 11.0 Å². The van der Waals surface area contributed by atoms with E-state index in [-0.39, 0.29) is 6.42 Å². The van der Waals surface area contributed by atoms with Crippen LogP contribution in [0, 0.1) is 0 Å². The van der Waals surface area contributed by atoms with Crippen molar-refractivity contribution in [1.29, 1.82) is 0 Å². The molecule has 0 fully saturated rings. The Morgan fingerprint density at radius 3 is 2.08 bits per heavy atom. The summed E-state index contributed by atoms with van der Waals surface area (Å²) in [5.41, 5.74) is -0.145. The Morgan fingerprint density at radius 2 is 1.56 bits per heavy atom. The van der Waals surface area contributed by atoms with Crippen LogP contribution in [0.4, 0.5) is 26.3 Å². The maximum Gasteiger partial charge on any atom is 0.573 e. The Balaban J connectivity index is 2.35. The molecule has 0 saturated carbocycles. The molecule has 0 aromatic heterocycles. The van der Waals surface area contributed by atoms with Crippen molar-refractivity contribution in [2.45, 2.75) is 24.9 Å². The Hall–Kier alpha value is -2.51. The molecule has 0 bridgehead atoms. The van der Waals surface area contributed by atoms with Gasteiger partial charge in [0.1, 0.15) is 12.0 Å². The van der Waals surface area contributed by atoms with Crippen LogP contribution in [0.5, 0.6) is 5.75 Å². The van der Waals surface area contributed by atoms with Crippen molar-refractivity contribution in [2.75, 3.05) is 0 Å². The van der Waals surface area contributed by atoms with Gasteiger partial charge in [-0.25, -0.2) is 0 Å². The van der Waals surface area contributed by atoms with E-state index >= 15 is 0 Å². The van der Waals surface area contributed by atoms with Crippen LogP contribution in [0.25, 0.3) is 0 Å². The molecule has 134 valence electrons. The van der Waals surface area contributed by atoms with Crippen molar-refractivity contribution in [1.82, 2.24) is 0 Å². The minimum atomic E-state index is -4.87. The zero-order chi connectivity index (χ0) is 18.7. The molecule has 0 aliphatic heterocycles. The molecule has 0 spiro atoms. The summed E-state index contributed by atoms with van der Waals surface area (Å²) in [6.07, 6.45) is -8.91. The SMILES string of the molecule is O=CCC(c1ccc(C(F)(F)F)cc1)c1cccc(OC(F)(F)F)c1. The van der Waals surface area contributed by atoms with E-state index in [0.717, 1.165) is 24.3 Å². The summed E-state index contributed by atoms with van der Waals surface area (Å²) >= 11 is 0. The van der Waals surface area contributed by atoms with Crippen molar-refractivity contribution < 1.29 is 35.9 Å². The number of aldehydes is 1. The van der Waals surface area contributed by atoms with E-state index < -0.39 is 29.8 Å². The van der Waals surface area contributed by atoms with Crippen LogP contribution >= 0.6 is 0 Å². The van der Waals surface area contributed by atoms with Crippen molar-refractivity contribution in [3.05, 3.63) is 65.2 Å². The molecular formula is C17H12F6O2. The number of ether oxygens (including phenoxy) is 1. The lowest BCUT2D eigenvalue weighted by atomic mass is 9.88. The first-order valence-corrected chi connectivity index (χ1v) is 7.06. The molecular weight excluding hydrogens is 350 g/mol. The highest BCUT2D eigenvalue weighted by Crippen LogP contribution is 2.34. The Kier molecular flexibility index (Phi) is 5.39. The topological polar surface area (TPSA) is 26.3 Å². The van der Waals surface area contributed by atoms with Crippen LogP contribution < -0.4 is 4.74 Å². The average molecular weight is 362 g/mol. The summed E-state index contributed by atoms with van der Waals surface area (Å²) in [7, 11) is 0. The van der Waals surface area contributed by atoms with Gasteiger partial charge in [-0.2, -0.15) is 13.2 Å². The van der Waals surface area contributed by atoms with Crippen molar-refractivity contribution in [3.63, 3.8) is 0 Å². The molecule has 1 atom stereocenters. The van der Waals surface area contributed by atoms with Gasteiger partial charge in [0.2, 0.25) is 0 Å². The van der Waals surface area contributed by atoms with Crippen LogP contribution in [0.15, 0.2) is 48.5 Å². The fourth-order valence-corrected chi connectivity index (χ4v) is 2.39. The second kappa shape index (κ2) is 7.16. The maximum atomic E-state index is 12.6. The van der Waals surface area contributed by atoms with Gasteiger partial charge in [0, 0.05) is 12.3 Å². The second-order valence-corrected chi connectivity index (χ2v) is 5.20. The highest BCUT2D eigenvalue weighted by atomic mass is 19.4. The highest BCUT2D eigenvalue weighted by Gasteiger charge is 2.32. The van der Waals surface area contributed by atoms with E-state index in [4.69, 9.17) is 0 Å². The average Bonchev–Trinajstić information content (AvgIpc) is 2.50. The maximum absolute atomic E-state index is 12.6. The number of halogens is 6. The van der Waals surface area contributed by atoms with Crippen molar-refractivity contribution >= 4 is 6.29 Å². The van der Waals surface area contributed by atoms with Gasteiger partial charge in [0.15, 0.2) is 0 Å². The summed E-state index contributed by atoms with van der Waals surface area (Å²) in [6.45, 7) is 0. The fraction of sp³-hybridized carbons (Fsp3) is 0.235. The monoisotopic (exact) mass is 362 g/mol. The lowest BCUT2D eigenvalue weighted by Gasteiger charge is -2.18. The Labute approximate surface area is 139 Å². The lowest BCUT2D eigenvalue weighted by molar-refractivity contribution is -0.274. The van der Waals surface area contributed by atoms with E-state index in [2.05, 4.69) is 4.74 Å². The number of hydrogen-bond acceptors (Lipinski definition) is 2. The van der Waals surface area contributed by atoms with Crippen molar-refractivity contribution in [3.8, 4) is 5.75 Å². The number of rotatable bonds is 5. The molecule has 0 aliphatic carbocycles. The molecule has 0 radical (unpaired) electrons. The highest BCUT2D eigenvalue weighted by molar-refractivity contribution is 5.54. The predicted octanol–water partition coefficient (Wildman–Crippen LogP) is 5.32. The normalized spacial score (nSPS) is 13.4. The molecule has 2 aromatic carbocycles. The molecule has 0 aliphatic rings. The molecule has 0 heterocycles. The summed E-state index contributed by atoms with van der Waals surface area (Å²) in [6, 6.07) is 9.14. The molecule has 1 unspecified atom stereocenters. The number of hydrogen-bond donors (Lipinski definition) is 0. The zero-order valence-electron chi connectivity index (χ0n) is 12.6. The van der Waals surface area contributed by atoms with E-state index in [9.17, 15) is 31.1 Å². The minimum absolute atomic E-state index is 0.0964. The minimum Gasteiger partial charge on any atom is -0.406 e. The van der Waals surface area contributed by atoms with Gasteiger partial charge in [-0.1, -0.05) is 24.3 Å². The van der Waals surface area contributed by atoms with E-state index in [0.29, 0.717) is 17.4 Å². The molecule has 0 N–H and O–H groups in total. The zero-order valence-corrected chi connectivity index (χ0v) is 12.6. The third-order valence-electron chi connectivity index (χ3n) is 3.47. The predicted molar refractivity (Wildman–Crippen MR) is 77.1 cm³/mol. The quantitative estimate of drug-likeness (QED) is 0.531. The standard InChI is InChI=1S/C17H12F6O2/c18-16(19,20)13-6-4-11(5-7-13)15(8-9-24)12-2-1-3-14(10-12)25-17(21,22)23/h1-7,9-10,15H,8H2. The van der Waals surface area contributed by atoms with Crippen molar-refractivity contribution in [2.24, 2.45) is 0 Å². The summed E-state index contributed by atoms with van der Waals surface area (Å²) < 4.78 is 78.7. The molecule has 2 aromatic rings. The van der Waals surface area contributed by atoms with Gasteiger partial charge in [-0.05, 0) is 35.4 Å². The second-order valence-electron chi connectivity index (χ2n) is 5.20. The van der Waals surface area contributed by atoms with Crippen LogP contribution in [-0.4, -0.2) is 12.6 Å². The van der Waals surface area contributed by atoms with E-state index in [1.165, 1.54) is 24.3 Å². The first-order chi connectivity index (χ1) is 11.6.